The Hall–Kier alpha value is -0.900. The van der Waals surface area contributed by atoms with Gasteiger partial charge in [0.05, 0.1) is 5.56 Å². The summed E-state index contributed by atoms with van der Waals surface area (Å²) < 4.78 is 13.6. The SMILES string of the molecule is CCN(C(=O)c1ccc(F)cc1Br)C1CCCC1. The predicted octanol–water partition coefficient (Wildman–Crippen LogP) is 3.99. The average Bonchev–Trinajstić information content (AvgIpc) is 2.83. The molecule has 4 heteroatoms. The minimum Gasteiger partial charge on any atom is -0.336 e. The Morgan fingerprint density at radius 2 is 2.11 bits per heavy atom. The van der Waals surface area contributed by atoms with Crippen molar-refractivity contribution in [2.45, 2.75) is 38.6 Å². The summed E-state index contributed by atoms with van der Waals surface area (Å²) in [6.07, 6.45) is 4.55. The summed E-state index contributed by atoms with van der Waals surface area (Å²) in [6.45, 7) is 2.70. The highest BCUT2D eigenvalue weighted by atomic mass is 79.9. The van der Waals surface area contributed by atoms with Crippen molar-refractivity contribution in [1.82, 2.24) is 4.90 Å². The zero-order chi connectivity index (χ0) is 13.1. The number of hydrogen-bond donors (Lipinski definition) is 0. The van der Waals surface area contributed by atoms with Gasteiger partial charge in [-0.25, -0.2) is 4.39 Å². The van der Waals surface area contributed by atoms with E-state index < -0.39 is 0 Å². The zero-order valence-corrected chi connectivity index (χ0v) is 12.0. The first kappa shape index (κ1) is 13.5. The second-order valence-corrected chi connectivity index (χ2v) is 5.51. The number of halogens is 2. The van der Waals surface area contributed by atoms with E-state index >= 15 is 0 Å². The van der Waals surface area contributed by atoms with E-state index in [1.165, 1.54) is 25.0 Å². The third-order valence-electron chi connectivity index (χ3n) is 3.53. The molecule has 0 radical (unpaired) electrons. The third-order valence-corrected chi connectivity index (χ3v) is 4.18. The molecule has 0 heterocycles. The third kappa shape index (κ3) is 2.74. The molecule has 0 N–H and O–H groups in total. The molecule has 2 rings (SSSR count). The molecule has 1 aliphatic carbocycles. The second-order valence-electron chi connectivity index (χ2n) is 4.65. The maximum Gasteiger partial charge on any atom is 0.255 e. The molecule has 1 aromatic rings. The van der Waals surface area contributed by atoms with Crippen molar-refractivity contribution in [2.75, 3.05) is 6.54 Å². The Morgan fingerprint density at radius 3 is 2.67 bits per heavy atom. The molecule has 1 saturated carbocycles. The van der Waals surface area contributed by atoms with Gasteiger partial charge in [0.1, 0.15) is 5.82 Å². The summed E-state index contributed by atoms with van der Waals surface area (Å²) in [5.74, 6) is -0.335. The first-order chi connectivity index (χ1) is 8.63. The van der Waals surface area contributed by atoms with E-state index in [4.69, 9.17) is 0 Å². The number of amides is 1. The quantitative estimate of drug-likeness (QED) is 0.826. The Kier molecular flexibility index (Phi) is 4.38. The van der Waals surface area contributed by atoms with E-state index in [1.807, 2.05) is 11.8 Å². The maximum absolute atomic E-state index is 13.0. The van der Waals surface area contributed by atoms with Crippen LogP contribution >= 0.6 is 15.9 Å². The number of hydrogen-bond acceptors (Lipinski definition) is 1. The number of carbonyl (C=O) groups is 1. The van der Waals surface area contributed by atoms with Gasteiger partial charge in [0.2, 0.25) is 0 Å². The van der Waals surface area contributed by atoms with Gasteiger partial charge < -0.3 is 4.90 Å². The lowest BCUT2D eigenvalue weighted by atomic mass is 10.1. The lowest BCUT2D eigenvalue weighted by Crippen LogP contribution is -2.38. The van der Waals surface area contributed by atoms with E-state index in [1.54, 1.807) is 6.07 Å². The van der Waals surface area contributed by atoms with Gasteiger partial charge in [0.25, 0.3) is 5.91 Å². The van der Waals surface area contributed by atoms with E-state index in [0.717, 1.165) is 12.8 Å². The van der Waals surface area contributed by atoms with Crippen molar-refractivity contribution in [2.24, 2.45) is 0 Å². The van der Waals surface area contributed by atoms with E-state index in [0.29, 0.717) is 22.6 Å². The Labute approximate surface area is 115 Å². The van der Waals surface area contributed by atoms with Gasteiger partial charge in [-0.1, -0.05) is 12.8 Å². The van der Waals surface area contributed by atoms with Gasteiger partial charge in [-0.15, -0.1) is 0 Å². The fraction of sp³-hybridized carbons (Fsp3) is 0.500. The first-order valence-corrected chi connectivity index (χ1v) is 7.18. The highest BCUT2D eigenvalue weighted by Crippen LogP contribution is 2.27. The second kappa shape index (κ2) is 5.83. The summed E-state index contributed by atoms with van der Waals surface area (Å²) in [5, 5.41) is 0. The first-order valence-electron chi connectivity index (χ1n) is 6.39. The fourth-order valence-electron chi connectivity index (χ4n) is 2.60. The lowest BCUT2D eigenvalue weighted by Gasteiger charge is -2.28. The van der Waals surface area contributed by atoms with Crippen molar-refractivity contribution < 1.29 is 9.18 Å². The summed E-state index contributed by atoms with van der Waals surface area (Å²) in [6, 6.07) is 4.58. The van der Waals surface area contributed by atoms with E-state index in [-0.39, 0.29) is 11.7 Å². The largest absolute Gasteiger partial charge is 0.336 e. The molecular formula is C14H17BrFNO. The predicted molar refractivity (Wildman–Crippen MR) is 73.1 cm³/mol. The molecule has 0 bridgehead atoms. The summed E-state index contributed by atoms with van der Waals surface area (Å²) in [4.78, 5) is 14.4. The van der Waals surface area contributed by atoms with Crippen molar-refractivity contribution in [3.8, 4) is 0 Å². The van der Waals surface area contributed by atoms with Crippen LogP contribution in [0.1, 0.15) is 43.0 Å². The van der Waals surface area contributed by atoms with Gasteiger partial charge in [-0.05, 0) is 53.9 Å². The molecule has 1 fully saturated rings. The van der Waals surface area contributed by atoms with Crippen LogP contribution in [0.25, 0.3) is 0 Å². The van der Waals surface area contributed by atoms with Gasteiger partial charge in [-0.3, -0.25) is 4.79 Å². The van der Waals surface area contributed by atoms with Crippen molar-refractivity contribution >= 4 is 21.8 Å². The van der Waals surface area contributed by atoms with E-state index in [2.05, 4.69) is 15.9 Å². The molecule has 2 nitrogen and oxygen atoms in total. The Balaban J connectivity index is 2.22. The smallest absolute Gasteiger partial charge is 0.255 e. The van der Waals surface area contributed by atoms with Crippen molar-refractivity contribution in [3.05, 3.63) is 34.1 Å². The zero-order valence-electron chi connectivity index (χ0n) is 10.5. The molecular weight excluding hydrogens is 297 g/mol. The Bertz CT molecular complexity index is 443. The minimum absolute atomic E-state index is 0.00345. The van der Waals surface area contributed by atoms with Gasteiger partial charge in [-0.2, -0.15) is 0 Å². The number of nitrogens with zero attached hydrogens (tertiary/aromatic N) is 1. The normalized spacial score (nSPS) is 15.9. The number of carbonyl (C=O) groups excluding carboxylic acids is 1. The number of benzene rings is 1. The standard InChI is InChI=1S/C14H17BrFNO/c1-2-17(11-5-3-4-6-11)14(18)12-8-7-10(16)9-13(12)15/h7-9,11H,2-6H2,1H3. The van der Waals surface area contributed by atoms with Crippen LogP contribution in [0.5, 0.6) is 0 Å². The molecule has 1 aromatic carbocycles. The van der Waals surface area contributed by atoms with Crippen LogP contribution in [0.15, 0.2) is 22.7 Å². The lowest BCUT2D eigenvalue weighted by molar-refractivity contribution is 0.0692. The van der Waals surface area contributed by atoms with Crippen LogP contribution in [-0.4, -0.2) is 23.4 Å². The van der Waals surface area contributed by atoms with Crippen LogP contribution in [0.2, 0.25) is 0 Å². The van der Waals surface area contributed by atoms with Gasteiger partial charge >= 0.3 is 0 Å². The van der Waals surface area contributed by atoms with Crippen LogP contribution in [-0.2, 0) is 0 Å². The van der Waals surface area contributed by atoms with Crippen LogP contribution in [0.3, 0.4) is 0 Å². The molecule has 1 amide bonds. The molecule has 98 valence electrons. The highest BCUT2D eigenvalue weighted by molar-refractivity contribution is 9.10. The number of rotatable bonds is 3. The van der Waals surface area contributed by atoms with Gasteiger partial charge in [0.15, 0.2) is 0 Å². The molecule has 0 aromatic heterocycles. The fourth-order valence-corrected chi connectivity index (χ4v) is 3.12. The highest BCUT2D eigenvalue weighted by Gasteiger charge is 2.27. The molecule has 0 unspecified atom stereocenters. The van der Waals surface area contributed by atoms with Crippen molar-refractivity contribution in [1.29, 1.82) is 0 Å². The minimum atomic E-state index is -0.331. The van der Waals surface area contributed by atoms with E-state index in [9.17, 15) is 9.18 Å². The van der Waals surface area contributed by atoms with Gasteiger partial charge in [0, 0.05) is 17.1 Å². The molecule has 1 aliphatic rings. The molecule has 0 spiro atoms. The molecule has 0 aliphatic heterocycles. The summed E-state index contributed by atoms with van der Waals surface area (Å²) >= 11 is 3.27. The van der Waals surface area contributed by atoms with Crippen LogP contribution < -0.4 is 0 Å². The molecule has 18 heavy (non-hydrogen) atoms. The topological polar surface area (TPSA) is 20.3 Å². The molecule has 0 saturated heterocycles. The van der Waals surface area contributed by atoms with Crippen LogP contribution in [0.4, 0.5) is 4.39 Å². The van der Waals surface area contributed by atoms with Crippen LogP contribution in [0, 0.1) is 5.82 Å². The monoisotopic (exact) mass is 313 g/mol. The summed E-state index contributed by atoms with van der Waals surface area (Å²) in [5.41, 5.74) is 0.546. The Morgan fingerprint density at radius 1 is 1.44 bits per heavy atom. The summed E-state index contributed by atoms with van der Waals surface area (Å²) in [7, 11) is 0. The van der Waals surface area contributed by atoms with Crippen molar-refractivity contribution in [3.63, 3.8) is 0 Å². The maximum atomic E-state index is 13.0. The average molecular weight is 314 g/mol. The molecule has 0 atom stereocenters.